The molecular weight excluding hydrogens is 797 g/mol. The van der Waals surface area contributed by atoms with Crippen LogP contribution >= 0.6 is 0 Å². The fourth-order valence-electron chi connectivity index (χ4n) is 6.72. The molecule has 0 unspecified atom stereocenters. The Labute approximate surface area is 360 Å². The predicted octanol–water partition coefficient (Wildman–Crippen LogP) is 10.0. The highest BCUT2D eigenvalue weighted by molar-refractivity contribution is 6.05. The van der Waals surface area contributed by atoms with Gasteiger partial charge in [-0.1, -0.05) is 12.1 Å². The number of methoxy groups -OCH3 is 8. The Balaban J connectivity index is 1.12. The van der Waals surface area contributed by atoms with E-state index in [1.807, 2.05) is 50.2 Å². The molecule has 6 rings (SSSR count). The number of aryl methyl sites for hydroxylation is 2. The van der Waals surface area contributed by atoms with Crippen molar-refractivity contribution in [1.29, 1.82) is 0 Å². The summed E-state index contributed by atoms with van der Waals surface area (Å²) in [4.78, 5) is 26.7. The van der Waals surface area contributed by atoms with Crippen LogP contribution in [0.4, 0.5) is 17.1 Å². The van der Waals surface area contributed by atoms with Gasteiger partial charge in [0.1, 0.15) is 11.3 Å². The van der Waals surface area contributed by atoms with Crippen molar-refractivity contribution in [2.45, 2.75) is 13.8 Å². The van der Waals surface area contributed by atoms with Crippen LogP contribution in [0, 0.1) is 13.8 Å². The van der Waals surface area contributed by atoms with Gasteiger partial charge in [0.25, 0.3) is 5.91 Å². The second-order valence-electron chi connectivity index (χ2n) is 13.6. The Morgan fingerprint density at radius 2 is 0.839 bits per heavy atom. The molecule has 0 fully saturated rings. The number of carbonyl (C=O) groups excluding carboxylic acids is 2. The second-order valence-corrected chi connectivity index (χ2v) is 13.6. The minimum Gasteiger partial charge on any atom is -0.496 e. The smallest absolute Gasteiger partial charge is 0.347 e. The summed E-state index contributed by atoms with van der Waals surface area (Å²) in [7, 11) is 12.0. The minimum absolute atomic E-state index is 0.157. The van der Waals surface area contributed by atoms with Crippen LogP contribution in [0.25, 0.3) is 11.1 Å². The highest BCUT2D eigenvalue weighted by Crippen LogP contribution is 2.44. The van der Waals surface area contributed by atoms with Crippen LogP contribution in [-0.2, 0) is 0 Å². The summed E-state index contributed by atoms with van der Waals surface area (Å²) in [5, 5.41) is 6.40. The molecule has 0 saturated carbocycles. The molecule has 14 heteroatoms. The van der Waals surface area contributed by atoms with Gasteiger partial charge >= 0.3 is 5.97 Å². The van der Waals surface area contributed by atoms with E-state index < -0.39 is 5.97 Å². The van der Waals surface area contributed by atoms with E-state index in [0.29, 0.717) is 68.7 Å². The molecule has 0 atom stereocenters. The van der Waals surface area contributed by atoms with Gasteiger partial charge in [-0.2, -0.15) is 0 Å². The zero-order chi connectivity index (χ0) is 44.5. The van der Waals surface area contributed by atoms with Crippen molar-refractivity contribution < 1.29 is 57.0 Å². The van der Waals surface area contributed by atoms with E-state index in [-0.39, 0.29) is 23.0 Å². The Hall–Kier alpha value is -7.74. The Morgan fingerprint density at radius 1 is 0.403 bits per heavy atom. The minimum atomic E-state index is -0.661. The summed E-state index contributed by atoms with van der Waals surface area (Å²) in [6.07, 6.45) is 0. The molecule has 0 spiro atoms. The SMILES string of the molecule is COc1cc(OC)c(Oc2ccc(C(=O)Nc3ccc(-c4ccc(Nc5ccc(OC(=O)c6cc(OC)c(OC)cc6OC)c(OC)c5)cc4C)c(C)c3)cc2OC)cc1OC. The van der Waals surface area contributed by atoms with E-state index in [0.717, 1.165) is 27.9 Å². The Kier molecular flexibility index (Phi) is 13.8. The number of hydrogen-bond donors (Lipinski definition) is 2. The van der Waals surface area contributed by atoms with Crippen LogP contribution in [0.3, 0.4) is 0 Å². The lowest BCUT2D eigenvalue weighted by Crippen LogP contribution is -2.12. The van der Waals surface area contributed by atoms with Crippen LogP contribution in [0.2, 0.25) is 0 Å². The number of esters is 1. The van der Waals surface area contributed by atoms with E-state index in [4.69, 9.17) is 47.4 Å². The van der Waals surface area contributed by atoms with Gasteiger partial charge in [0, 0.05) is 53.0 Å². The standard InChI is InChI=1S/C48H48N2O12/c1-27-19-30(49-32-14-18-37(40(22-32)55-5)62-48(52)35-23-41(56-6)42(57-7)24-38(35)53-3)12-15-33(27)34-16-13-31(20-28(34)2)50-47(51)29-11-17-36(39(21-29)54-4)61-46-26-44(59-9)43(58-8)25-45(46)60-10/h11-26,49H,1-10H3,(H,50,51). The molecule has 6 aromatic rings. The molecule has 62 heavy (non-hydrogen) atoms. The fourth-order valence-corrected chi connectivity index (χ4v) is 6.72. The molecule has 0 aliphatic carbocycles. The number of carbonyl (C=O) groups is 2. The first-order valence-corrected chi connectivity index (χ1v) is 19.1. The van der Waals surface area contributed by atoms with Crippen LogP contribution in [0.15, 0.2) is 97.1 Å². The monoisotopic (exact) mass is 844 g/mol. The number of hydrogen-bond acceptors (Lipinski definition) is 13. The molecule has 0 aromatic heterocycles. The van der Waals surface area contributed by atoms with Crippen LogP contribution in [0.5, 0.6) is 63.2 Å². The number of rotatable bonds is 17. The topological polar surface area (TPSA) is 150 Å². The maximum absolute atomic E-state index is 13.4. The van der Waals surface area contributed by atoms with Crippen molar-refractivity contribution in [2.75, 3.05) is 67.5 Å². The van der Waals surface area contributed by atoms with E-state index in [1.165, 1.54) is 62.9 Å². The van der Waals surface area contributed by atoms with Crippen molar-refractivity contribution >= 4 is 28.9 Å². The summed E-state index contributed by atoms with van der Waals surface area (Å²) in [6.45, 7) is 4.03. The second kappa shape index (κ2) is 19.5. The lowest BCUT2D eigenvalue weighted by atomic mass is 9.95. The quantitative estimate of drug-likeness (QED) is 0.0663. The van der Waals surface area contributed by atoms with Gasteiger partial charge in [-0.05, 0) is 90.7 Å². The van der Waals surface area contributed by atoms with Crippen molar-refractivity contribution in [2.24, 2.45) is 0 Å². The van der Waals surface area contributed by atoms with Gasteiger partial charge in [0.2, 0.25) is 0 Å². The van der Waals surface area contributed by atoms with Crippen molar-refractivity contribution in [3.8, 4) is 74.4 Å². The first-order chi connectivity index (χ1) is 30.0. The fraction of sp³-hybridized carbons (Fsp3) is 0.208. The molecular formula is C48H48N2O12. The molecule has 1 amide bonds. The molecule has 0 heterocycles. The molecule has 0 bridgehead atoms. The summed E-state index contributed by atoms with van der Waals surface area (Å²) in [5.41, 5.74) is 6.75. The lowest BCUT2D eigenvalue weighted by molar-refractivity contribution is 0.0725. The highest BCUT2D eigenvalue weighted by Gasteiger charge is 2.22. The number of amides is 1. The van der Waals surface area contributed by atoms with Crippen LogP contribution < -0.4 is 58.0 Å². The normalized spacial score (nSPS) is 10.5. The third-order valence-electron chi connectivity index (χ3n) is 9.90. The van der Waals surface area contributed by atoms with E-state index in [2.05, 4.69) is 10.6 Å². The van der Waals surface area contributed by atoms with Crippen LogP contribution in [0.1, 0.15) is 31.8 Å². The first kappa shape index (κ1) is 43.8. The van der Waals surface area contributed by atoms with Gasteiger partial charge in [0.05, 0.1) is 56.9 Å². The van der Waals surface area contributed by atoms with Crippen molar-refractivity contribution in [1.82, 2.24) is 0 Å². The maximum Gasteiger partial charge on any atom is 0.347 e. The molecule has 0 radical (unpaired) electrons. The van der Waals surface area contributed by atoms with Gasteiger partial charge < -0.3 is 58.0 Å². The van der Waals surface area contributed by atoms with Gasteiger partial charge in [-0.3, -0.25) is 4.79 Å². The summed E-state index contributed by atoms with van der Waals surface area (Å²) in [6, 6.07) is 28.3. The maximum atomic E-state index is 13.4. The Bertz CT molecular complexity index is 2610. The average Bonchev–Trinajstić information content (AvgIpc) is 3.29. The highest BCUT2D eigenvalue weighted by atomic mass is 16.6. The number of anilines is 3. The zero-order valence-electron chi connectivity index (χ0n) is 36.1. The summed E-state index contributed by atoms with van der Waals surface area (Å²) >= 11 is 0. The van der Waals surface area contributed by atoms with Gasteiger partial charge in [0.15, 0.2) is 57.5 Å². The third-order valence-corrected chi connectivity index (χ3v) is 9.90. The molecule has 0 aliphatic rings. The molecule has 6 aromatic carbocycles. The van der Waals surface area contributed by atoms with E-state index in [9.17, 15) is 9.59 Å². The average molecular weight is 845 g/mol. The zero-order valence-corrected chi connectivity index (χ0v) is 36.1. The number of ether oxygens (including phenoxy) is 10. The first-order valence-electron chi connectivity index (χ1n) is 19.1. The molecule has 2 N–H and O–H groups in total. The Morgan fingerprint density at radius 3 is 1.42 bits per heavy atom. The van der Waals surface area contributed by atoms with E-state index in [1.54, 1.807) is 54.6 Å². The predicted molar refractivity (Wildman–Crippen MR) is 236 cm³/mol. The third kappa shape index (κ3) is 9.49. The number of benzene rings is 6. The summed E-state index contributed by atoms with van der Waals surface area (Å²) in [5.74, 6) is 3.08. The number of nitrogens with one attached hydrogen (secondary N) is 2. The van der Waals surface area contributed by atoms with Gasteiger partial charge in [-0.25, -0.2) is 4.79 Å². The van der Waals surface area contributed by atoms with E-state index >= 15 is 0 Å². The van der Waals surface area contributed by atoms with Gasteiger partial charge in [-0.15, -0.1) is 0 Å². The summed E-state index contributed by atoms with van der Waals surface area (Å²) < 4.78 is 55.4. The molecule has 322 valence electrons. The van der Waals surface area contributed by atoms with Crippen LogP contribution in [-0.4, -0.2) is 68.8 Å². The largest absolute Gasteiger partial charge is 0.496 e. The molecule has 0 saturated heterocycles. The van der Waals surface area contributed by atoms with Crippen molar-refractivity contribution in [3.63, 3.8) is 0 Å². The molecule has 0 aliphatic heterocycles. The lowest BCUT2D eigenvalue weighted by Gasteiger charge is -2.17. The molecule has 14 nitrogen and oxygen atoms in total. The van der Waals surface area contributed by atoms with Crippen molar-refractivity contribution in [3.05, 3.63) is 119 Å².